The third kappa shape index (κ3) is 5.42. The van der Waals surface area contributed by atoms with Crippen molar-refractivity contribution in [3.63, 3.8) is 0 Å². The van der Waals surface area contributed by atoms with Crippen LogP contribution in [-0.2, 0) is 0 Å². The molecule has 0 aliphatic rings. The summed E-state index contributed by atoms with van der Waals surface area (Å²) in [6, 6.07) is 23.7. The summed E-state index contributed by atoms with van der Waals surface area (Å²) < 4.78 is 6.15. The van der Waals surface area contributed by atoms with Crippen LogP contribution < -0.4 is 15.4 Å². The highest BCUT2D eigenvalue weighted by molar-refractivity contribution is 6.30. The van der Waals surface area contributed by atoms with Crippen LogP contribution in [0.5, 0.6) is 11.6 Å². The lowest BCUT2D eigenvalue weighted by atomic mass is 10.1. The molecule has 3 aromatic carbocycles. The van der Waals surface area contributed by atoms with Crippen LogP contribution in [0.1, 0.15) is 22.3 Å². The van der Waals surface area contributed by atoms with Gasteiger partial charge in [0.15, 0.2) is 0 Å². The molecule has 0 saturated heterocycles. The fraction of sp³-hybridized carbons (Fsp3) is 0.0769. The lowest BCUT2D eigenvalue weighted by Gasteiger charge is -2.14. The molecule has 4 rings (SSSR count). The first-order valence-corrected chi connectivity index (χ1v) is 10.7. The molecule has 0 atom stereocenters. The van der Waals surface area contributed by atoms with E-state index in [1.807, 2.05) is 32.0 Å². The van der Waals surface area contributed by atoms with Crippen molar-refractivity contribution >= 4 is 34.7 Å². The van der Waals surface area contributed by atoms with Gasteiger partial charge in [0.05, 0.1) is 23.3 Å². The van der Waals surface area contributed by atoms with E-state index >= 15 is 0 Å². The van der Waals surface area contributed by atoms with Gasteiger partial charge in [-0.3, -0.25) is 0 Å². The Kier molecular flexibility index (Phi) is 6.59. The lowest BCUT2D eigenvalue weighted by molar-refractivity contribution is 0.456. The van der Waals surface area contributed by atoms with Gasteiger partial charge in [0.2, 0.25) is 11.8 Å². The minimum absolute atomic E-state index is 0.285. The molecule has 8 heteroatoms. The molecule has 0 unspecified atom stereocenters. The van der Waals surface area contributed by atoms with Gasteiger partial charge in [-0.1, -0.05) is 17.7 Å². The summed E-state index contributed by atoms with van der Waals surface area (Å²) in [5.41, 5.74) is 4.17. The Morgan fingerprint density at radius 3 is 2.18 bits per heavy atom. The monoisotopic (exact) mass is 466 g/mol. The normalized spacial score (nSPS) is 10.1. The first-order chi connectivity index (χ1) is 16.4. The second-order valence-corrected chi connectivity index (χ2v) is 7.95. The van der Waals surface area contributed by atoms with Gasteiger partial charge in [-0.15, -0.1) is 0 Å². The first kappa shape index (κ1) is 22.6. The molecule has 0 amide bonds. The Hall–Kier alpha value is -4.59. The van der Waals surface area contributed by atoms with Crippen LogP contribution in [0.3, 0.4) is 0 Å². The van der Waals surface area contributed by atoms with Crippen LogP contribution in [0.2, 0.25) is 5.02 Å². The number of anilines is 4. The van der Waals surface area contributed by atoms with Crippen molar-refractivity contribution in [3.05, 3.63) is 94.0 Å². The average molecular weight is 467 g/mol. The van der Waals surface area contributed by atoms with Crippen molar-refractivity contribution in [2.45, 2.75) is 13.8 Å². The molecule has 0 aliphatic carbocycles. The summed E-state index contributed by atoms with van der Waals surface area (Å²) >= 11 is 6.00. The maximum absolute atomic E-state index is 9.22. The Morgan fingerprint density at radius 2 is 1.50 bits per heavy atom. The van der Waals surface area contributed by atoms with Crippen LogP contribution in [0, 0.1) is 36.5 Å². The van der Waals surface area contributed by atoms with Crippen molar-refractivity contribution in [1.29, 1.82) is 10.5 Å². The second kappa shape index (κ2) is 9.91. The number of nitrogens with zero attached hydrogens (tertiary/aromatic N) is 4. The van der Waals surface area contributed by atoms with Gasteiger partial charge in [0.25, 0.3) is 0 Å². The first-order valence-electron chi connectivity index (χ1n) is 10.3. The summed E-state index contributed by atoms with van der Waals surface area (Å²) in [7, 11) is 0. The van der Waals surface area contributed by atoms with E-state index in [1.54, 1.807) is 48.5 Å². The number of ether oxygens (including phenoxy) is 1. The van der Waals surface area contributed by atoms with Gasteiger partial charge in [-0.2, -0.15) is 20.5 Å². The van der Waals surface area contributed by atoms with Crippen LogP contribution in [-0.4, -0.2) is 9.97 Å². The second-order valence-electron chi connectivity index (χ2n) is 7.52. The maximum Gasteiger partial charge on any atom is 0.232 e. The highest BCUT2D eigenvalue weighted by Gasteiger charge is 2.12. The Morgan fingerprint density at radius 1 is 0.794 bits per heavy atom. The summed E-state index contributed by atoms with van der Waals surface area (Å²) in [6.07, 6.45) is 0. The van der Waals surface area contributed by atoms with E-state index < -0.39 is 0 Å². The zero-order chi connectivity index (χ0) is 24.1. The molecule has 1 aromatic heterocycles. The molecular formula is C26H19ClN6O. The van der Waals surface area contributed by atoms with E-state index in [0.717, 1.165) is 16.8 Å². The number of benzene rings is 3. The van der Waals surface area contributed by atoms with E-state index in [9.17, 15) is 10.5 Å². The number of aryl methyl sites for hydroxylation is 2. The summed E-state index contributed by atoms with van der Waals surface area (Å²) in [4.78, 5) is 9.05. The lowest BCUT2D eigenvalue weighted by Crippen LogP contribution is -2.03. The largest absolute Gasteiger partial charge is 0.438 e. The Labute approximate surface area is 202 Å². The molecule has 2 N–H and O–H groups in total. The zero-order valence-electron chi connectivity index (χ0n) is 18.4. The molecule has 0 bridgehead atoms. The maximum atomic E-state index is 9.22. The van der Waals surface area contributed by atoms with E-state index in [1.165, 1.54) is 0 Å². The molecule has 7 nitrogen and oxygen atoms in total. The predicted octanol–water partition coefficient (Wildman–Crippen LogP) is 6.77. The molecule has 166 valence electrons. The minimum atomic E-state index is 0.285. The van der Waals surface area contributed by atoms with Crippen LogP contribution >= 0.6 is 11.6 Å². The number of nitrogens with one attached hydrogen (secondary N) is 2. The van der Waals surface area contributed by atoms with Crippen molar-refractivity contribution in [3.8, 4) is 23.8 Å². The Bertz CT molecular complexity index is 1410. The van der Waals surface area contributed by atoms with E-state index in [4.69, 9.17) is 16.3 Å². The van der Waals surface area contributed by atoms with Crippen LogP contribution in [0.25, 0.3) is 0 Å². The van der Waals surface area contributed by atoms with Crippen LogP contribution in [0.4, 0.5) is 23.1 Å². The van der Waals surface area contributed by atoms with Crippen molar-refractivity contribution < 1.29 is 4.74 Å². The topological polar surface area (TPSA) is 107 Å². The number of hydrogen-bond acceptors (Lipinski definition) is 7. The van der Waals surface area contributed by atoms with Crippen molar-refractivity contribution in [1.82, 2.24) is 9.97 Å². The molecule has 0 radical (unpaired) electrons. The third-order valence-corrected chi connectivity index (χ3v) is 5.12. The molecule has 4 aromatic rings. The average Bonchev–Trinajstić information content (AvgIpc) is 2.82. The fourth-order valence-electron chi connectivity index (χ4n) is 3.35. The summed E-state index contributed by atoms with van der Waals surface area (Å²) in [6.45, 7) is 3.76. The molecule has 0 saturated carbocycles. The molecular weight excluding hydrogens is 448 g/mol. The fourth-order valence-corrected chi connectivity index (χ4v) is 3.48. The van der Waals surface area contributed by atoms with Gasteiger partial charge in [-0.05, 0) is 79.6 Å². The summed E-state index contributed by atoms with van der Waals surface area (Å²) in [5, 5.41) is 25.4. The molecule has 0 aliphatic heterocycles. The highest BCUT2D eigenvalue weighted by Crippen LogP contribution is 2.31. The zero-order valence-corrected chi connectivity index (χ0v) is 19.2. The smallest absolute Gasteiger partial charge is 0.232 e. The van der Waals surface area contributed by atoms with Crippen molar-refractivity contribution in [2.24, 2.45) is 0 Å². The van der Waals surface area contributed by atoms with Gasteiger partial charge < -0.3 is 15.4 Å². The highest BCUT2D eigenvalue weighted by atomic mass is 35.5. The quantitative estimate of drug-likeness (QED) is 0.323. The third-order valence-electron chi connectivity index (χ3n) is 4.86. The van der Waals surface area contributed by atoms with Gasteiger partial charge in [0.1, 0.15) is 11.6 Å². The summed E-state index contributed by atoms with van der Waals surface area (Å²) in [5.74, 6) is 1.71. The van der Waals surface area contributed by atoms with E-state index in [-0.39, 0.29) is 5.95 Å². The SMILES string of the molecule is Cc1cc(C#N)cc(C)c1Oc1cc(Nc2ccc(Cl)cc2)nc(Nc2cccc(C#N)c2)n1. The Balaban J connectivity index is 1.71. The standard InChI is InChI=1S/C26H19ClN6O/c1-16-10-19(15-29)11-17(2)25(16)34-24-13-23(30-21-8-6-20(27)7-9-21)32-26(33-24)31-22-5-3-4-18(12-22)14-28/h3-13H,1-2H3,(H2,30,31,32,33). The molecule has 0 spiro atoms. The number of halogens is 1. The predicted molar refractivity (Wildman–Crippen MR) is 132 cm³/mol. The number of aromatic nitrogens is 2. The molecule has 0 fully saturated rings. The van der Waals surface area contributed by atoms with Gasteiger partial charge in [0, 0.05) is 22.5 Å². The minimum Gasteiger partial charge on any atom is -0.438 e. The van der Waals surface area contributed by atoms with E-state index in [2.05, 4.69) is 32.7 Å². The van der Waals surface area contributed by atoms with E-state index in [0.29, 0.717) is 39.3 Å². The van der Waals surface area contributed by atoms with Gasteiger partial charge in [-0.25, -0.2) is 0 Å². The van der Waals surface area contributed by atoms with Gasteiger partial charge >= 0.3 is 0 Å². The van der Waals surface area contributed by atoms with Crippen LogP contribution in [0.15, 0.2) is 66.7 Å². The van der Waals surface area contributed by atoms with Crippen molar-refractivity contribution in [2.75, 3.05) is 10.6 Å². The molecule has 1 heterocycles. The number of hydrogen-bond donors (Lipinski definition) is 2. The number of rotatable bonds is 6. The number of nitriles is 2. The molecule has 34 heavy (non-hydrogen) atoms.